The van der Waals surface area contributed by atoms with Crippen LogP contribution in [-0.2, 0) is 0 Å². The zero-order chi connectivity index (χ0) is 11.9. The second kappa shape index (κ2) is 14.3. The molecule has 0 amide bonds. The van der Waals surface area contributed by atoms with E-state index in [1.54, 1.807) is 0 Å². The summed E-state index contributed by atoms with van der Waals surface area (Å²) >= 11 is 0. The topological polar surface area (TPSA) is 0 Å². The van der Waals surface area contributed by atoms with Crippen molar-refractivity contribution in [2.24, 2.45) is 0 Å². The normalized spacial score (nSPS) is 10.8. The van der Waals surface area contributed by atoms with Crippen LogP contribution < -0.4 is 0 Å². The molecule has 0 rings (SSSR count). The lowest BCUT2D eigenvalue weighted by molar-refractivity contribution is 0.566. The van der Waals surface area contributed by atoms with E-state index < -0.39 is 0 Å². The van der Waals surface area contributed by atoms with Crippen molar-refractivity contribution in [1.29, 1.82) is 0 Å². The van der Waals surface area contributed by atoms with Crippen molar-refractivity contribution in [3.05, 3.63) is 12.2 Å². The Labute approximate surface area is 103 Å². The Morgan fingerprint density at radius 3 is 1.94 bits per heavy atom. The van der Waals surface area contributed by atoms with Gasteiger partial charge >= 0.3 is 0 Å². The molecule has 0 aliphatic rings. The van der Waals surface area contributed by atoms with Gasteiger partial charge in [0.05, 0.1) is 0 Å². The standard InChI is InChI=1S/C16H28/c1-3-5-7-9-11-13-15-16-14-12-10-8-6-4-2/h1,7,9H,4-6,8,10-16H2,2H3/b9-7-. The van der Waals surface area contributed by atoms with Gasteiger partial charge in [0.2, 0.25) is 0 Å². The van der Waals surface area contributed by atoms with E-state index in [1.807, 2.05) is 0 Å². The molecular formula is C16H28. The molecular weight excluding hydrogens is 192 g/mol. The fourth-order valence-electron chi connectivity index (χ4n) is 1.84. The predicted octanol–water partition coefficient (Wildman–Crippen LogP) is 5.49. The highest BCUT2D eigenvalue weighted by Gasteiger charge is 1.90. The SMILES string of the molecule is C#CC/C=C\CCCCCCCCCCC. The third kappa shape index (κ3) is 13.3. The fourth-order valence-corrected chi connectivity index (χ4v) is 1.84. The van der Waals surface area contributed by atoms with E-state index in [0.717, 1.165) is 6.42 Å². The smallest absolute Gasteiger partial charge is 0.0267 e. The molecule has 0 spiro atoms. The highest BCUT2D eigenvalue weighted by molar-refractivity contribution is 4.96. The van der Waals surface area contributed by atoms with Crippen molar-refractivity contribution in [2.45, 2.75) is 77.6 Å². The van der Waals surface area contributed by atoms with Crippen LogP contribution in [0.1, 0.15) is 77.6 Å². The van der Waals surface area contributed by atoms with Crippen molar-refractivity contribution in [3.8, 4) is 12.3 Å². The molecule has 0 aromatic carbocycles. The second-order valence-corrected chi connectivity index (χ2v) is 4.50. The van der Waals surface area contributed by atoms with E-state index in [-0.39, 0.29) is 0 Å². The third-order valence-electron chi connectivity index (χ3n) is 2.88. The van der Waals surface area contributed by atoms with Crippen molar-refractivity contribution in [3.63, 3.8) is 0 Å². The summed E-state index contributed by atoms with van der Waals surface area (Å²) in [7, 11) is 0. The van der Waals surface area contributed by atoms with Crippen LogP contribution >= 0.6 is 0 Å². The maximum absolute atomic E-state index is 5.16. The number of hydrogen-bond acceptors (Lipinski definition) is 0. The van der Waals surface area contributed by atoms with E-state index in [2.05, 4.69) is 25.0 Å². The Balaban J connectivity index is 2.96. The van der Waals surface area contributed by atoms with Crippen LogP contribution in [0.15, 0.2) is 12.2 Å². The molecule has 0 aliphatic heterocycles. The molecule has 0 atom stereocenters. The molecule has 0 aromatic heterocycles. The van der Waals surface area contributed by atoms with Crippen molar-refractivity contribution in [1.82, 2.24) is 0 Å². The number of hydrogen-bond donors (Lipinski definition) is 0. The van der Waals surface area contributed by atoms with Crippen molar-refractivity contribution in [2.75, 3.05) is 0 Å². The van der Waals surface area contributed by atoms with Gasteiger partial charge in [0.15, 0.2) is 0 Å². The highest BCUT2D eigenvalue weighted by Crippen LogP contribution is 2.10. The van der Waals surface area contributed by atoms with Crippen LogP contribution in [0.5, 0.6) is 0 Å². The number of rotatable bonds is 11. The van der Waals surface area contributed by atoms with Gasteiger partial charge in [-0.2, -0.15) is 0 Å². The molecule has 16 heavy (non-hydrogen) atoms. The van der Waals surface area contributed by atoms with E-state index in [9.17, 15) is 0 Å². The minimum Gasteiger partial charge on any atom is -0.120 e. The molecule has 0 nitrogen and oxygen atoms in total. The molecule has 0 aliphatic carbocycles. The summed E-state index contributed by atoms with van der Waals surface area (Å²) in [6, 6.07) is 0. The lowest BCUT2D eigenvalue weighted by atomic mass is 10.1. The maximum Gasteiger partial charge on any atom is 0.0267 e. The first-order valence-electron chi connectivity index (χ1n) is 7.00. The number of allylic oxidation sites excluding steroid dienone is 2. The molecule has 0 heterocycles. The van der Waals surface area contributed by atoms with Crippen LogP contribution in [0, 0.1) is 12.3 Å². The predicted molar refractivity (Wildman–Crippen MR) is 74.4 cm³/mol. The van der Waals surface area contributed by atoms with E-state index in [0.29, 0.717) is 0 Å². The van der Waals surface area contributed by atoms with Gasteiger partial charge < -0.3 is 0 Å². The summed E-state index contributed by atoms with van der Waals surface area (Å²) in [5, 5.41) is 0. The van der Waals surface area contributed by atoms with Gasteiger partial charge in [-0.15, -0.1) is 12.3 Å². The van der Waals surface area contributed by atoms with Gasteiger partial charge in [0, 0.05) is 6.42 Å². The summed E-state index contributed by atoms with van der Waals surface area (Å²) in [6.07, 6.45) is 24.1. The summed E-state index contributed by atoms with van der Waals surface area (Å²) in [5.41, 5.74) is 0. The Bertz CT molecular complexity index is 183. The Hall–Kier alpha value is -0.700. The minimum absolute atomic E-state index is 0.789. The van der Waals surface area contributed by atoms with Crippen LogP contribution in [-0.4, -0.2) is 0 Å². The molecule has 0 saturated heterocycles. The third-order valence-corrected chi connectivity index (χ3v) is 2.88. The summed E-state index contributed by atoms with van der Waals surface area (Å²) in [4.78, 5) is 0. The van der Waals surface area contributed by atoms with Crippen LogP contribution in [0.3, 0.4) is 0 Å². The monoisotopic (exact) mass is 220 g/mol. The summed E-state index contributed by atoms with van der Waals surface area (Å²) in [6.45, 7) is 2.27. The lowest BCUT2D eigenvalue weighted by Gasteiger charge is -2.00. The van der Waals surface area contributed by atoms with Crippen molar-refractivity contribution >= 4 is 0 Å². The molecule has 0 radical (unpaired) electrons. The fraction of sp³-hybridized carbons (Fsp3) is 0.750. The molecule has 0 N–H and O–H groups in total. The van der Waals surface area contributed by atoms with Gasteiger partial charge in [-0.3, -0.25) is 0 Å². The zero-order valence-electron chi connectivity index (χ0n) is 11.0. The Morgan fingerprint density at radius 1 is 0.812 bits per heavy atom. The first-order valence-corrected chi connectivity index (χ1v) is 7.00. The van der Waals surface area contributed by atoms with Gasteiger partial charge in [0.1, 0.15) is 0 Å². The molecule has 0 bridgehead atoms. The average Bonchev–Trinajstić information content (AvgIpc) is 2.31. The van der Waals surface area contributed by atoms with Gasteiger partial charge in [-0.05, 0) is 12.8 Å². The first-order chi connectivity index (χ1) is 7.91. The quantitative estimate of drug-likeness (QED) is 0.245. The lowest BCUT2D eigenvalue weighted by Crippen LogP contribution is -1.80. The van der Waals surface area contributed by atoms with Crippen LogP contribution in [0.25, 0.3) is 0 Å². The Morgan fingerprint density at radius 2 is 1.38 bits per heavy atom. The summed E-state index contributed by atoms with van der Waals surface area (Å²) in [5.74, 6) is 2.62. The minimum atomic E-state index is 0.789. The number of unbranched alkanes of at least 4 members (excludes halogenated alkanes) is 9. The zero-order valence-corrected chi connectivity index (χ0v) is 11.0. The molecule has 0 saturated carbocycles. The van der Waals surface area contributed by atoms with Gasteiger partial charge in [0.25, 0.3) is 0 Å². The van der Waals surface area contributed by atoms with E-state index in [1.165, 1.54) is 64.2 Å². The first kappa shape index (κ1) is 15.3. The molecule has 0 unspecified atom stereocenters. The summed E-state index contributed by atoms with van der Waals surface area (Å²) < 4.78 is 0. The molecule has 92 valence electrons. The van der Waals surface area contributed by atoms with Crippen LogP contribution in [0.4, 0.5) is 0 Å². The number of terminal acetylenes is 1. The Kier molecular flexibility index (Phi) is 13.7. The molecule has 0 aromatic rings. The molecule has 0 fully saturated rings. The highest BCUT2D eigenvalue weighted by atomic mass is 14.0. The van der Waals surface area contributed by atoms with Crippen LogP contribution in [0.2, 0.25) is 0 Å². The largest absolute Gasteiger partial charge is 0.120 e. The molecule has 0 heteroatoms. The van der Waals surface area contributed by atoms with E-state index in [4.69, 9.17) is 6.42 Å². The maximum atomic E-state index is 5.16. The van der Waals surface area contributed by atoms with Gasteiger partial charge in [-0.25, -0.2) is 0 Å². The average molecular weight is 220 g/mol. The van der Waals surface area contributed by atoms with E-state index >= 15 is 0 Å². The van der Waals surface area contributed by atoms with Crippen molar-refractivity contribution < 1.29 is 0 Å². The second-order valence-electron chi connectivity index (χ2n) is 4.50. The van der Waals surface area contributed by atoms with Gasteiger partial charge in [-0.1, -0.05) is 70.4 Å².